The predicted octanol–water partition coefficient (Wildman–Crippen LogP) is 2.41. The van der Waals surface area contributed by atoms with E-state index in [1.54, 1.807) is 6.07 Å². The number of nitro benzene ring substituents is 1. The van der Waals surface area contributed by atoms with Gasteiger partial charge in [0.15, 0.2) is 0 Å². The van der Waals surface area contributed by atoms with Crippen LogP contribution in [0.4, 0.5) is 5.69 Å². The van der Waals surface area contributed by atoms with Crippen molar-refractivity contribution in [2.45, 2.75) is 27.3 Å². The van der Waals surface area contributed by atoms with Crippen molar-refractivity contribution in [3.63, 3.8) is 0 Å². The Hall–Kier alpha value is -1.66. The maximum absolute atomic E-state index is 11.0. The minimum atomic E-state index is -0.397. The molecule has 118 valence electrons. The van der Waals surface area contributed by atoms with Gasteiger partial charge in [0.05, 0.1) is 18.1 Å². The molecule has 0 unspecified atom stereocenters. The molecule has 0 saturated heterocycles. The minimum absolute atomic E-state index is 0.0147. The van der Waals surface area contributed by atoms with Crippen molar-refractivity contribution in [2.24, 2.45) is 11.1 Å². The lowest BCUT2D eigenvalue weighted by atomic mass is 9.93. The maximum atomic E-state index is 11.0. The molecule has 1 aromatic rings. The second-order valence-corrected chi connectivity index (χ2v) is 5.97. The number of benzene rings is 1. The molecular formula is C15H25N3O3. The lowest BCUT2D eigenvalue weighted by Gasteiger charge is -2.31. The third kappa shape index (κ3) is 5.32. The molecule has 0 aliphatic carbocycles. The van der Waals surface area contributed by atoms with Crippen LogP contribution in [0.3, 0.4) is 0 Å². The van der Waals surface area contributed by atoms with Gasteiger partial charge in [-0.25, -0.2) is 0 Å². The second kappa shape index (κ2) is 7.38. The summed E-state index contributed by atoms with van der Waals surface area (Å²) in [4.78, 5) is 12.8. The van der Waals surface area contributed by atoms with Crippen molar-refractivity contribution < 1.29 is 9.66 Å². The predicted molar refractivity (Wildman–Crippen MR) is 83.4 cm³/mol. The molecule has 0 aromatic heterocycles. The molecule has 0 heterocycles. The van der Waals surface area contributed by atoms with Gasteiger partial charge in [-0.2, -0.15) is 0 Å². The van der Waals surface area contributed by atoms with Crippen LogP contribution in [-0.4, -0.2) is 36.6 Å². The number of non-ortho nitro benzene ring substituents is 1. The summed E-state index contributed by atoms with van der Waals surface area (Å²) in [5, 5.41) is 11.0. The number of ether oxygens (including phenoxy) is 1. The normalized spacial score (nSPS) is 11.7. The monoisotopic (exact) mass is 295 g/mol. The molecule has 0 aliphatic rings. The van der Waals surface area contributed by atoms with Crippen LogP contribution in [-0.2, 0) is 6.54 Å². The van der Waals surface area contributed by atoms with E-state index >= 15 is 0 Å². The maximum Gasteiger partial charge on any atom is 0.273 e. The number of nitro groups is 1. The fourth-order valence-corrected chi connectivity index (χ4v) is 2.17. The Morgan fingerprint density at radius 2 is 2.05 bits per heavy atom. The van der Waals surface area contributed by atoms with Gasteiger partial charge < -0.3 is 10.5 Å². The molecule has 1 aromatic carbocycles. The summed E-state index contributed by atoms with van der Waals surface area (Å²) in [6.07, 6.45) is 0. The van der Waals surface area contributed by atoms with Crippen molar-refractivity contribution in [2.75, 3.05) is 26.7 Å². The molecule has 0 fully saturated rings. The first-order valence-corrected chi connectivity index (χ1v) is 7.06. The third-order valence-corrected chi connectivity index (χ3v) is 3.46. The van der Waals surface area contributed by atoms with Gasteiger partial charge in [0.2, 0.25) is 0 Å². The molecule has 0 amide bonds. The van der Waals surface area contributed by atoms with E-state index in [0.717, 1.165) is 18.7 Å². The van der Waals surface area contributed by atoms with Gasteiger partial charge in [-0.3, -0.25) is 15.0 Å². The van der Waals surface area contributed by atoms with E-state index in [0.29, 0.717) is 18.8 Å². The highest BCUT2D eigenvalue weighted by atomic mass is 16.6. The molecule has 0 bridgehead atoms. The smallest absolute Gasteiger partial charge is 0.273 e. The lowest BCUT2D eigenvalue weighted by Crippen LogP contribution is -2.38. The average Bonchev–Trinajstić information content (AvgIpc) is 2.45. The molecule has 2 N–H and O–H groups in total. The molecule has 0 radical (unpaired) electrons. The van der Waals surface area contributed by atoms with Gasteiger partial charge in [-0.15, -0.1) is 0 Å². The Kier molecular flexibility index (Phi) is 6.11. The highest BCUT2D eigenvalue weighted by Gasteiger charge is 2.20. The summed E-state index contributed by atoms with van der Waals surface area (Å²) in [6.45, 7) is 9.23. The van der Waals surface area contributed by atoms with Gasteiger partial charge in [-0.05, 0) is 30.1 Å². The minimum Gasteiger partial charge on any atom is -0.496 e. The van der Waals surface area contributed by atoms with Crippen LogP contribution in [0.15, 0.2) is 18.2 Å². The van der Waals surface area contributed by atoms with Gasteiger partial charge in [-0.1, -0.05) is 20.8 Å². The topological polar surface area (TPSA) is 81.6 Å². The lowest BCUT2D eigenvalue weighted by molar-refractivity contribution is -0.385. The van der Waals surface area contributed by atoms with Crippen LogP contribution >= 0.6 is 0 Å². The van der Waals surface area contributed by atoms with Crippen molar-refractivity contribution >= 4 is 5.69 Å². The third-order valence-electron chi connectivity index (χ3n) is 3.46. The molecule has 6 nitrogen and oxygen atoms in total. The summed E-state index contributed by atoms with van der Waals surface area (Å²) in [5.74, 6) is 0.508. The van der Waals surface area contributed by atoms with Crippen LogP contribution in [0.5, 0.6) is 5.75 Å². The van der Waals surface area contributed by atoms with Crippen LogP contribution < -0.4 is 10.5 Å². The van der Waals surface area contributed by atoms with Crippen molar-refractivity contribution in [1.82, 2.24) is 4.90 Å². The zero-order chi connectivity index (χ0) is 16.0. The average molecular weight is 295 g/mol. The standard InChI is InChI=1S/C15H25N3O3/c1-5-17(11-15(2,3)10-16)9-12-6-13(18(19)20)8-14(7-12)21-4/h6-8H,5,9-11,16H2,1-4H3. The van der Waals surface area contributed by atoms with E-state index in [1.807, 2.05) is 6.07 Å². The molecule has 6 heteroatoms. The highest BCUT2D eigenvalue weighted by Crippen LogP contribution is 2.24. The van der Waals surface area contributed by atoms with Gasteiger partial charge >= 0.3 is 0 Å². The zero-order valence-electron chi connectivity index (χ0n) is 13.3. The first-order valence-electron chi connectivity index (χ1n) is 7.06. The summed E-state index contributed by atoms with van der Waals surface area (Å²) in [7, 11) is 1.51. The quantitative estimate of drug-likeness (QED) is 0.588. The van der Waals surface area contributed by atoms with Gasteiger partial charge in [0.1, 0.15) is 5.75 Å². The van der Waals surface area contributed by atoms with E-state index < -0.39 is 4.92 Å². The number of rotatable bonds is 8. The van der Waals surface area contributed by atoms with Crippen LogP contribution in [0.25, 0.3) is 0 Å². The fraction of sp³-hybridized carbons (Fsp3) is 0.600. The van der Waals surface area contributed by atoms with Crippen LogP contribution in [0.2, 0.25) is 0 Å². The van der Waals surface area contributed by atoms with E-state index in [-0.39, 0.29) is 11.1 Å². The fourth-order valence-electron chi connectivity index (χ4n) is 2.17. The van der Waals surface area contributed by atoms with Crippen molar-refractivity contribution in [1.29, 1.82) is 0 Å². The summed E-state index contributed by atoms with van der Waals surface area (Å²) < 4.78 is 5.14. The summed E-state index contributed by atoms with van der Waals surface area (Å²) >= 11 is 0. The van der Waals surface area contributed by atoms with Crippen LogP contribution in [0, 0.1) is 15.5 Å². The number of nitrogens with two attached hydrogens (primary N) is 1. The number of nitrogens with zero attached hydrogens (tertiary/aromatic N) is 2. The molecule has 0 spiro atoms. The molecule has 0 saturated carbocycles. The molecular weight excluding hydrogens is 270 g/mol. The SMILES string of the molecule is CCN(Cc1cc(OC)cc([N+](=O)[O-])c1)CC(C)(C)CN. The van der Waals surface area contributed by atoms with Crippen molar-refractivity contribution in [3.05, 3.63) is 33.9 Å². The van der Waals surface area contributed by atoms with Gasteiger partial charge in [0.25, 0.3) is 5.69 Å². The number of hydrogen-bond donors (Lipinski definition) is 1. The Labute approximate surface area is 126 Å². The number of methoxy groups -OCH3 is 1. The molecule has 21 heavy (non-hydrogen) atoms. The largest absolute Gasteiger partial charge is 0.496 e. The van der Waals surface area contributed by atoms with E-state index in [2.05, 4.69) is 25.7 Å². The molecule has 0 atom stereocenters. The highest BCUT2D eigenvalue weighted by molar-refractivity contribution is 5.42. The van der Waals surface area contributed by atoms with Crippen LogP contribution in [0.1, 0.15) is 26.3 Å². The number of hydrogen-bond acceptors (Lipinski definition) is 5. The molecule has 0 aliphatic heterocycles. The Bertz CT molecular complexity index is 489. The molecule has 1 rings (SSSR count). The van der Waals surface area contributed by atoms with Gasteiger partial charge in [0, 0.05) is 19.2 Å². The van der Waals surface area contributed by atoms with E-state index in [4.69, 9.17) is 10.5 Å². The van der Waals surface area contributed by atoms with Crippen molar-refractivity contribution in [3.8, 4) is 5.75 Å². The van der Waals surface area contributed by atoms with E-state index in [9.17, 15) is 10.1 Å². The Morgan fingerprint density at radius 1 is 1.38 bits per heavy atom. The zero-order valence-corrected chi connectivity index (χ0v) is 13.3. The first-order chi connectivity index (χ1) is 9.81. The Morgan fingerprint density at radius 3 is 2.52 bits per heavy atom. The van der Waals surface area contributed by atoms with E-state index in [1.165, 1.54) is 13.2 Å². The first kappa shape index (κ1) is 17.4. The summed E-state index contributed by atoms with van der Waals surface area (Å²) in [6, 6.07) is 4.87. The summed E-state index contributed by atoms with van der Waals surface area (Å²) in [5.41, 5.74) is 6.72. The Balaban J connectivity index is 2.93. The second-order valence-electron chi connectivity index (χ2n) is 5.97.